The van der Waals surface area contributed by atoms with Crippen LogP contribution in [0.3, 0.4) is 0 Å². The smallest absolute Gasteiger partial charge is 0.254 e. The monoisotopic (exact) mass is 569 g/mol. The maximum atomic E-state index is 13.5. The van der Waals surface area contributed by atoms with Gasteiger partial charge in [-0.05, 0) is 35.6 Å². The molecule has 3 aromatic rings. The van der Waals surface area contributed by atoms with Crippen LogP contribution in [0, 0.1) is 6.92 Å². The first-order valence-electron chi connectivity index (χ1n) is 12.9. The number of amides is 1. The minimum absolute atomic E-state index is 0.0286. The third-order valence-electron chi connectivity index (χ3n) is 7.68. The van der Waals surface area contributed by atoms with Crippen molar-refractivity contribution in [3.63, 3.8) is 0 Å². The Morgan fingerprint density at radius 1 is 1.17 bits per heavy atom. The molecule has 2 aliphatic heterocycles. The number of hydrogen-bond acceptors (Lipinski definition) is 11. The van der Waals surface area contributed by atoms with Crippen molar-refractivity contribution in [2.24, 2.45) is 0 Å². The number of aryl methyl sites for hydroxylation is 1. The highest BCUT2D eigenvalue weighted by molar-refractivity contribution is 6.10. The van der Waals surface area contributed by atoms with Crippen LogP contribution >= 0.6 is 0 Å². The summed E-state index contributed by atoms with van der Waals surface area (Å²) in [6.45, 7) is -0.236. The summed E-state index contributed by atoms with van der Waals surface area (Å²) in [5.41, 5.74) is -0.848. The van der Waals surface area contributed by atoms with Gasteiger partial charge in [0.15, 0.2) is 11.4 Å². The van der Waals surface area contributed by atoms with Gasteiger partial charge in [0.25, 0.3) is 5.91 Å². The summed E-state index contributed by atoms with van der Waals surface area (Å²) >= 11 is 0. The van der Waals surface area contributed by atoms with Gasteiger partial charge in [-0.2, -0.15) is 0 Å². The highest BCUT2D eigenvalue weighted by Crippen LogP contribution is 2.43. The highest BCUT2D eigenvalue weighted by Gasteiger charge is 2.56. The van der Waals surface area contributed by atoms with Gasteiger partial charge in [0.2, 0.25) is 6.29 Å². The van der Waals surface area contributed by atoms with Crippen molar-refractivity contribution in [2.75, 3.05) is 26.9 Å². The lowest BCUT2D eigenvalue weighted by molar-refractivity contribution is -0.327. The second-order valence-electron chi connectivity index (χ2n) is 10.3. The van der Waals surface area contributed by atoms with E-state index in [1.165, 1.54) is 18.1 Å². The Morgan fingerprint density at radius 3 is 2.56 bits per heavy atom. The van der Waals surface area contributed by atoms with E-state index in [-0.39, 0.29) is 41.4 Å². The number of fused-ring (bicyclic) bond motifs is 2. The van der Waals surface area contributed by atoms with Gasteiger partial charge >= 0.3 is 0 Å². The maximum absolute atomic E-state index is 13.5. The van der Waals surface area contributed by atoms with Crippen molar-refractivity contribution in [1.82, 2.24) is 4.90 Å². The number of benzene rings is 3. The van der Waals surface area contributed by atoms with E-state index in [1.54, 1.807) is 31.2 Å². The van der Waals surface area contributed by atoms with E-state index < -0.39 is 54.9 Å². The molecule has 0 unspecified atom stereocenters. The molecule has 218 valence electrons. The molecule has 5 rings (SSSR count). The van der Waals surface area contributed by atoms with Gasteiger partial charge in [-0.25, -0.2) is 0 Å². The normalized spacial score (nSPS) is 25.8. The van der Waals surface area contributed by atoms with Gasteiger partial charge in [0.05, 0.1) is 37.8 Å². The van der Waals surface area contributed by atoms with E-state index in [4.69, 9.17) is 14.2 Å². The first-order valence-corrected chi connectivity index (χ1v) is 12.9. The zero-order chi connectivity index (χ0) is 29.6. The van der Waals surface area contributed by atoms with Crippen molar-refractivity contribution in [1.29, 1.82) is 0 Å². The number of aliphatic hydroxyl groups excluding tert-OH is 4. The Bertz CT molecular complexity index is 1510. The van der Waals surface area contributed by atoms with E-state index >= 15 is 0 Å². The number of ether oxygens (including phenoxy) is 3. The molecule has 0 radical (unpaired) electrons. The van der Waals surface area contributed by atoms with Crippen molar-refractivity contribution in [3.05, 3.63) is 64.7 Å². The predicted octanol–water partition coefficient (Wildman–Crippen LogP) is 0.242. The van der Waals surface area contributed by atoms with Crippen LogP contribution < -0.4 is 9.47 Å². The van der Waals surface area contributed by atoms with Crippen LogP contribution in [0.2, 0.25) is 0 Å². The number of carbonyl (C=O) groups is 2. The number of hydrogen-bond donors (Lipinski definition) is 6. The molecule has 0 aromatic heterocycles. The first-order chi connectivity index (χ1) is 19.5. The minimum Gasteiger partial charge on any atom is -0.506 e. The summed E-state index contributed by atoms with van der Waals surface area (Å²) in [6, 6.07) is 11.6. The first kappa shape index (κ1) is 28.7. The molecule has 12 nitrogen and oxygen atoms in total. The molecule has 3 aromatic carbocycles. The number of aromatic hydroxyl groups is 1. The van der Waals surface area contributed by atoms with Crippen molar-refractivity contribution in [3.8, 4) is 17.2 Å². The zero-order valence-corrected chi connectivity index (χ0v) is 22.4. The number of rotatable bonds is 8. The van der Waals surface area contributed by atoms with E-state index in [2.05, 4.69) is 0 Å². The van der Waals surface area contributed by atoms with Crippen LogP contribution in [0.15, 0.2) is 42.5 Å². The van der Waals surface area contributed by atoms with E-state index in [0.29, 0.717) is 16.5 Å². The molecule has 0 aliphatic carbocycles. The molecular formula is C29H31NO11. The Kier molecular flexibility index (Phi) is 7.64. The topological polar surface area (TPSA) is 186 Å². The predicted molar refractivity (Wildman–Crippen MR) is 143 cm³/mol. The van der Waals surface area contributed by atoms with Gasteiger partial charge < -0.3 is 49.7 Å². The number of Topliss-reactive ketones (excluding diaryl/α,β-unsaturated/α-hetero) is 1. The number of aliphatic hydroxyl groups is 5. The molecule has 0 bridgehead atoms. The molecule has 0 spiro atoms. The van der Waals surface area contributed by atoms with E-state index in [9.17, 15) is 40.2 Å². The highest BCUT2D eigenvalue weighted by atomic mass is 16.7. The largest absolute Gasteiger partial charge is 0.506 e. The van der Waals surface area contributed by atoms with Gasteiger partial charge in [0.1, 0.15) is 35.6 Å². The fourth-order valence-corrected chi connectivity index (χ4v) is 5.41. The SMILES string of the molecule is COc1cc(O[C@H]2O[C@H](CO)[C@@H](O)[C@H](O)[C@]2(O)CO)c2c(O)c(C(=O)CN3Cc4ccccc4C3=O)c(C)cc2c1. The molecule has 0 saturated carbocycles. The number of phenolic OH excluding ortho intramolecular Hbond substituents is 1. The quantitative estimate of drug-likeness (QED) is 0.204. The zero-order valence-electron chi connectivity index (χ0n) is 22.4. The molecule has 6 N–H and O–H groups in total. The van der Waals surface area contributed by atoms with Crippen molar-refractivity contribution < 1.29 is 54.4 Å². The van der Waals surface area contributed by atoms with Crippen LogP contribution in [0.4, 0.5) is 0 Å². The van der Waals surface area contributed by atoms with Gasteiger partial charge in [0, 0.05) is 18.2 Å². The summed E-state index contributed by atoms with van der Waals surface area (Å²) in [5.74, 6) is -1.15. The van der Waals surface area contributed by atoms with E-state index in [1.807, 2.05) is 12.1 Å². The molecule has 2 heterocycles. The molecule has 2 aliphatic rings. The van der Waals surface area contributed by atoms with Gasteiger partial charge in [-0.1, -0.05) is 24.3 Å². The third-order valence-corrected chi connectivity index (χ3v) is 7.68. The summed E-state index contributed by atoms with van der Waals surface area (Å²) in [7, 11) is 1.39. The average molecular weight is 570 g/mol. The molecular weight excluding hydrogens is 538 g/mol. The average Bonchev–Trinajstić information content (AvgIpc) is 3.27. The number of nitrogens with zero attached hydrogens (tertiary/aromatic N) is 1. The summed E-state index contributed by atoms with van der Waals surface area (Å²) in [5, 5.41) is 63.1. The second-order valence-corrected chi connectivity index (χ2v) is 10.3. The van der Waals surface area contributed by atoms with E-state index in [0.717, 1.165) is 5.56 Å². The fraction of sp³-hybridized carbons (Fsp3) is 0.379. The van der Waals surface area contributed by atoms with Crippen LogP contribution in [-0.4, -0.2) is 104 Å². The summed E-state index contributed by atoms with van der Waals surface area (Å²) in [6.07, 6.45) is -6.89. The number of carbonyl (C=O) groups excluding carboxylic acids is 2. The maximum Gasteiger partial charge on any atom is 0.254 e. The Labute approximate surface area is 234 Å². The van der Waals surface area contributed by atoms with Crippen LogP contribution in [-0.2, 0) is 11.3 Å². The Hall–Kier alpha value is -3.78. The molecule has 1 saturated heterocycles. The van der Waals surface area contributed by atoms with Crippen LogP contribution in [0.5, 0.6) is 17.2 Å². The standard InChI is InChI=1S/C29H31NO11/c1-14-7-16-8-17(39-2)9-20(40-28-29(38,13-32)26(36)24(34)21(12-31)41-28)23(16)25(35)22(14)19(33)11-30-10-15-5-3-4-6-18(15)27(30)37/h3-9,21,24,26,28,31-32,34-36,38H,10-13H2,1-2H3/t21-,24-,26+,28+,29-/m1/s1. The summed E-state index contributed by atoms with van der Waals surface area (Å²) in [4.78, 5) is 27.7. The molecule has 1 fully saturated rings. The third kappa shape index (κ3) is 4.78. The lowest BCUT2D eigenvalue weighted by Crippen LogP contribution is -2.69. The number of methoxy groups -OCH3 is 1. The van der Waals surface area contributed by atoms with Crippen LogP contribution in [0.25, 0.3) is 10.8 Å². The fourth-order valence-electron chi connectivity index (χ4n) is 5.41. The number of ketones is 1. The lowest BCUT2D eigenvalue weighted by Gasteiger charge is -2.46. The minimum atomic E-state index is -2.52. The van der Waals surface area contributed by atoms with Crippen molar-refractivity contribution in [2.45, 2.75) is 43.7 Å². The molecule has 41 heavy (non-hydrogen) atoms. The second kappa shape index (κ2) is 10.9. The molecule has 12 heteroatoms. The molecule has 5 atom stereocenters. The number of phenols is 1. The van der Waals surface area contributed by atoms with Crippen LogP contribution in [0.1, 0.15) is 31.8 Å². The summed E-state index contributed by atoms with van der Waals surface area (Å²) < 4.78 is 16.7. The Morgan fingerprint density at radius 2 is 1.90 bits per heavy atom. The van der Waals surface area contributed by atoms with Gasteiger partial charge in [-0.3, -0.25) is 9.59 Å². The molecule has 1 amide bonds. The Balaban J connectivity index is 1.54. The lowest BCUT2D eigenvalue weighted by atomic mass is 9.87. The van der Waals surface area contributed by atoms with Gasteiger partial charge in [-0.15, -0.1) is 0 Å². The van der Waals surface area contributed by atoms with Crippen molar-refractivity contribution >= 4 is 22.5 Å².